The number of anilines is 1. The number of benzene rings is 1. The van der Waals surface area contributed by atoms with Gasteiger partial charge in [-0.15, -0.1) is 0 Å². The molecule has 16 heavy (non-hydrogen) atoms. The number of aliphatic hydroxyl groups is 1. The highest BCUT2D eigenvalue weighted by Gasteiger charge is 2.31. The first-order valence-corrected chi connectivity index (χ1v) is 4.71. The molecular weight excluding hydrogens is 218 g/mol. The molecule has 0 atom stereocenters. The van der Waals surface area contributed by atoms with Crippen LogP contribution in [0, 0.1) is 11.6 Å². The van der Waals surface area contributed by atoms with Crippen molar-refractivity contribution in [1.29, 1.82) is 0 Å². The van der Waals surface area contributed by atoms with Crippen molar-refractivity contribution in [1.82, 2.24) is 4.90 Å². The van der Waals surface area contributed by atoms with Crippen molar-refractivity contribution >= 4 is 11.6 Å². The Morgan fingerprint density at radius 3 is 2.56 bits per heavy atom. The normalized spacial score (nSPS) is 16.1. The van der Waals surface area contributed by atoms with Crippen LogP contribution in [-0.4, -0.2) is 35.1 Å². The van der Waals surface area contributed by atoms with E-state index >= 15 is 0 Å². The highest BCUT2D eigenvalue weighted by Crippen LogP contribution is 2.20. The first kappa shape index (κ1) is 10.8. The standard InChI is InChI=1S/C10H10F2N2O2/c11-7-2-8(12)9(13)1-6(7)10(16)14-3-5(15)4-14/h1-2,5,15H,3-4,13H2. The fourth-order valence-corrected chi connectivity index (χ4v) is 1.52. The molecule has 0 saturated carbocycles. The maximum absolute atomic E-state index is 13.3. The van der Waals surface area contributed by atoms with Gasteiger partial charge in [-0.1, -0.05) is 0 Å². The number of rotatable bonds is 1. The van der Waals surface area contributed by atoms with Gasteiger partial charge in [0.05, 0.1) is 17.4 Å². The summed E-state index contributed by atoms with van der Waals surface area (Å²) in [6.45, 7) is 0.325. The Labute approximate surface area is 90.3 Å². The minimum absolute atomic E-state index is 0.162. The Hall–Kier alpha value is -1.69. The maximum atomic E-state index is 13.3. The van der Waals surface area contributed by atoms with Crippen molar-refractivity contribution in [2.24, 2.45) is 0 Å². The molecule has 1 aromatic rings. The number of hydrogen-bond donors (Lipinski definition) is 2. The van der Waals surface area contributed by atoms with Crippen LogP contribution in [0.3, 0.4) is 0 Å². The Bertz CT molecular complexity index is 445. The number of hydrogen-bond acceptors (Lipinski definition) is 3. The number of carbonyl (C=O) groups is 1. The quantitative estimate of drug-likeness (QED) is 0.682. The molecule has 6 heteroatoms. The van der Waals surface area contributed by atoms with Crippen molar-refractivity contribution in [2.75, 3.05) is 18.8 Å². The van der Waals surface area contributed by atoms with Crippen molar-refractivity contribution in [3.05, 3.63) is 29.3 Å². The average Bonchev–Trinajstić information content (AvgIpc) is 2.18. The molecule has 1 amide bonds. The third-order valence-electron chi connectivity index (χ3n) is 2.47. The second kappa shape index (κ2) is 3.71. The third kappa shape index (κ3) is 1.71. The zero-order valence-electron chi connectivity index (χ0n) is 8.28. The summed E-state index contributed by atoms with van der Waals surface area (Å²) in [5.74, 6) is -2.43. The Morgan fingerprint density at radius 2 is 2.00 bits per heavy atom. The molecular formula is C10H10F2N2O2. The minimum Gasteiger partial charge on any atom is -0.396 e. The lowest BCUT2D eigenvalue weighted by Gasteiger charge is -2.35. The van der Waals surface area contributed by atoms with Gasteiger partial charge in [-0.05, 0) is 6.07 Å². The molecule has 1 aliphatic rings. The number of nitrogen functional groups attached to an aromatic ring is 1. The van der Waals surface area contributed by atoms with E-state index in [2.05, 4.69) is 0 Å². The summed E-state index contributed by atoms with van der Waals surface area (Å²) in [5.41, 5.74) is 4.71. The number of aliphatic hydroxyl groups excluding tert-OH is 1. The van der Waals surface area contributed by atoms with E-state index in [1.807, 2.05) is 0 Å². The monoisotopic (exact) mass is 228 g/mol. The highest BCUT2D eigenvalue weighted by molar-refractivity contribution is 5.95. The van der Waals surface area contributed by atoms with E-state index < -0.39 is 23.6 Å². The molecule has 0 spiro atoms. The van der Waals surface area contributed by atoms with Gasteiger partial charge in [-0.25, -0.2) is 8.78 Å². The van der Waals surface area contributed by atoms with Gasteiger partial charge in [0.25, 0.3) is 5.91 Å². The number of β-amino-alcohol motifs (C(OH)–C–C–N with tert-alkyl or cyclic N) is 1. The van der Waals surface area contributed by atoms with Crippen molar-refractivity contribution in [2.45, 2.75) is 6.10 Å². The molecule has 1 heterocycles. The van der Waals surface area contributed by atoms with E-state index in [-0.39, 0.29) is 24.3 Å². The zero-order valence-corrected chi connectivity index (χ0v) is 8.28. The van der Waals surface area contributed by atoms with E-state index in [0.29, 0.717) is 6.07 Å². The molecule has 1 aromatic carbocycles. The van der Waals surface area contributed by atoms with Crippen LogP contribution < -0.4 is 5.73 Å². The van der Waals surface area contributed by atoms with Gasteiger partial charge in [0.1, 0.15) is 11.6 Å². The average molecular weight is 228 g/mol. The predicted molar refractivity (Wildman–Crippen MR) is 52.7 cm³/mol. The summed E-state index contributed by atoms with van der Waals surface area (Å²) in [5, 5.41) is 9.01. The van der Waals surface area contributed by atoms with E-state index in [1.54, 1.807) is 0 Å². The predicted octanol–water partition coefficient (Wildman–Crippen LogP) is 0.364. The number of halogens is 2. The van der Waals surface area contributed by atoms with Crippen LogP contribution in [-0.2, 0) is 0 Å². The van der Waals surface area contributed by atoms with Crippen LogP contribution in [0.1, 0.15) is 10.4 Å². The largest absolute Gasteiger partial charge is 0.396 e. The number of amides is 1. The molecule has 0 radical (unpaired) electrons. The Balaban J connectivity index is 2.27. The number of nitrogens with zero attached hydrogens (tertiary/aromatic N) is 1. The van der Waals surface area contributed by atoms with E-state index in [0.717, 1.165) is 6.07 Å². The molecule has 1 saturated heterocycles. The maximum Gasteiger partial charge on any atom is 0.257 e. The summed E-state index contributed by atoms with van der Waals surface area (Å²) in [4.78, 5) is 12.9. The molecule has 0 aliphatic carbocycles. The second-order valence-corrected chi connectivity index (χ2v) is 3.72. The number of carbonyl (C=O) groups excluding carboxylic acids is 1. The molecule has 0 unspecified atom stereocenters. The molecule has 1 aliphatic heterocycles. The summed E-state index contributed by atoms with van der Waals surface area (Å²) in [6, 6.07) is 1.55. The van der Waals surface area contributed by atoms with Gasteiger partial charge in [-0.3, -0.25) is 4.79 Å². The molecule has 0 bridgehead atoms. The number of nitrogens with two attached hydrogens (primary N) is 1. The number of likely N-dealkylation sites (tertiary alicyclic amines) is 1. The summed E-state index contributed by atoms with van der Waals surface area (Å²) >= 11 is 0. The van der Waals surface area contributed by atoms with Gasteiger partial charge in [0.2, 0.25) is 0 Å². The molecule has 2 rings (SSSR count). The molecule has 3 N–H and O–H groups in total. The molecule has 86 valence electrons. The van der Waals surface area contributed by atoms with Gasteiger partial charge in [-0.2, -0.15) is 0 Å². The van der Waals surface area contributed by atoms with Crippen LogP contribution in [0.5, 0.6) is 0 Å². The van der Waals surface area contributed by atoms with E-state index in [9.17, 15) is 13.6 Å². The molecule has 1 fully saturated rings. The summed E-state index contributed by atoms with van der Waals surface area (Å²) in [7, 11) is 0. The summed E-state index contributed by atoms with van der Waals surface area (Å²) < 4.78 is 26.1. The fourth-order valence-electron chi connectivity index (χ4n) is 1.52. The van der Waals surface area contributed by atoms with Crippen molar-refractivity contribution in [3.8, 4) is 0 Å². The van der Waals surface area contributed by atoms with Gasteiger partial charge in [0.15, 0.2) is 0 Å². The minimum atomic E-state index is -0.946. The Morgan fingerprint density at radius 1 is 1.38 bits per heavy atom. The summed E-state index contributed by atoms with van der Waals surface area (Å²) in [6.07, 6.45) is -0.565. The van der Waals surface area contributed by atoms with Crippen LogP contribution in [0.15, 0.2) is 12.1 Å². The third-order valence-corrected chi connectivity index (χ3v) is 2.47. The lowest BCUT2D eigenvalue weighted by Crippen LogP contribution is -2.53. The first-order chi connectivity index (χ1) is 7.49. The van der Waals surface area contributed by atoms with Gasteiger partial charge >= 0.3 is 0 Å². The zero-order chi connectivity index (χ0) is 11.9. The van der Waals surface area contributed by atoms with Crippen LogP contribution in [0.2, 0.25) is 0 Å². The smallest absolute Gasteiger partial charge is 0.257 e. The lowest BCUT2D eigenvalue weighted by molar-refractivity contribution is 0.00559. The van der Waals surface area contributed by atoms with Crippen LogP contribution >= 0.6 is 0 Å². The van der Waals surface area contributed by atoms with Crippen molar-refractivity contribution in [3.63, 3.8) is 0 Å². The Kier molecular flexibility index (Phi) is 2.51. The highest BCUT2D eigenvalue weighted by atomic mass is 19.1. The van der Waals surface area contributed by atoms with Gasteiger partial charge < -0.3 is 15.7 Å². The topological polar surface area (TPSA) is 66.6 Å². The fraction of sp³-hybridized carbons (Fsp3) is 0.300. The lowest BCUT2D eigenvalue weighted by atomic mass is 10.1. The first-order valence-electron chi connectivity index (χ1n) is 4.71. The molecule has 4 nitrogen and oxygen atoms in total. The van der Waals surface area contributed by atoms with Gasteiger partial charge in [0, 0.05) is 19.2 Å². The second-order valence-electron chi connectivity index (χ2n) is 3.72. The van der Waals surface area contributed by atoms with Crippen LogP contribution in [0.4, 0.5) is 14.5 Å². The van der Waals surface area contributed by atoms with E-state index in [1.165, 1.54) is 4.90 Å². The van der Waals surface area contributed by atoms with Crippen molar-refractivity contribution < 1.29 is 18.7 Å². The molecule has 0 aromatic heterocycles. The van der Waals surface area contributed by atoms with Crippen LogP contribution in [0.25, 0.3) is 0 Å². The van der Waals surface area contributed by atoms with E-state index in [4.69, 9.17) is 10.8 Å². The SMILES string of the molecule is Nc1cc(C(=O)N2CC(O)C2)c(F)cc1F.